The maximum Gasteiger partial charge on any atom is 0.123 e. The summed E-state index contributed by atoms with van der Waals surface area (Å²) in [6, 6.07) is 5.32. The third-order valence-corrected chi connectivity index (χ3v) is 4.00. The van der Waals surface area contributed by atoms with Crippen LogP contribution in [-0.2, 0) is 0 Å². The minimum Gasteiger partial charge on any atom is -0.390 e. The molecule has 22 heavy (non-hydrogen) atoms. The molecular weight excluding hydrogens is 287 g/mol. The standard InChI is InChI=1S/C14H15FN6O/c15-10-4-1-3-9(7-10)13-8-17-20-21(13)12-6-2-5-11(14(12)22)18-19-16/h1,3-4,7-8,11-12,14,22H,2,5-6H2/t11-,12+,14+/m1/s1. The predicted molar refractivity (Wildman–Crippen MR) is 77.2 cm³/mol. The van der Waals surface area contributed by atoms with E-state index in [-0.39, 0.29) is 11.9 Å². The van der Waals surface area contributed by atoms with E-state index in [4.69, 9.17) is 5.53 Å². The van der Waals surface area contributed by atoms with Crippen LogP contribution in [0.4, 0.5) is 4.39 Å². The van der Waals surface area contributed by atoms with Crippen LogP contribution in [0.2, 0.25) is 0 Å². The van der Waals surface area contributed by atoms with E-state index in [1.807, 2.05) is 0 Å². The number of benzene rings is 1. The highest BCUT2D eigenvalue weighted by Crippen LogP contribution is 2.33. The highest BCUT2D eigenvalue weighted by atomic mass is 19.1. The van der Waals surface area contributed by atoms with E-state index in [1.165, 1.54) is 12.1 Å². The van der Waals surface area contributed by atoms with Gasteiger partial charge in [-0.15, -0.1) is 5.10 Å². The number of aliphatic hydroxyl groups is 1. The normalized spacial score (nSPS) is 24.7. The number of halogens is 1. The Bertz CT molecular complexity index is 711. The smallest absolute Gasteiger partial charge is 0.123 e. The van der Waals surface area contributed by atoms with Crippen LogP contribution in [0.1, 0.15) is 25.3 Å². The summed E-state index contributed by atoms with van der Waals surface area (Å²) in [7, 11) is 0. The SMILES string of the molecule is [N-]=[N+]=N[C@@H]1CCC[C@H](n2nncc2-c2cccc(F)c2)[C@H]1O. The van der Waals surface area contributed by atoms with Crippen molar-refractivity contribution in [2.75, 3.05) is 0 Å². The highest BCUT2D eigenvalue weighted by molar-refractivity contribution is 5.58. The maximum absolute atomic E-state index is 13.4. The lowest BCUT2D eigenvalue weighted by Gasteiger charge is -2.32. The predicted octanol–water partition coefficient (Wildman–Crippen LogP) is 2.85. The molecule has 0 spiro atoms. The summed E-state index contributed by atoms with van der Waals surface area (Å²) in [5.74, 6) is -0.346. The van der Waals surface area contributed by atoms with Crippen LogP contribution < -0.4 is 0 Å². The zero-order valence-corrected chi connectivity index (χ0v) is 11.7. The molecule has 0 radical (unpaired) electrons. The van der Waals surface area contributed by atoms with Gasteiger partial charge in [0.2, 0.25) is 0 Å². The monoisotopic (exact) mass is 302 g/mol. The number of rotatable bonds is 3. The molecule has 0 unspecified atom stereocenters. The van der Waals surface area contributed by atoms with Crippen LogP contribution in [0.25, 0.3) is 21.7 Å². The summed E-state index contributed by atoms with van der Waals surface area (Å²) < 4.78 is 15.0. The second kappa shape index (κ2) is 6.13. The second-order valence-electron chi connectivity index (χ2n) is 5.34. The van der Waals surface area contributed by atoms with Gasteiger partial charge in [-0.2, -0.15) is 0 Å². The molecule has 8 heteroatoms. The number of hydrogen-bond acceptors (Lipinski definition) is 4. The lowest BCUT2D eigenvalue weighted by Crippen LogP contribution is -2.38. The Hall–Kier alpha value is -2.44. The van der Waals surface area contributed by atoms with Crippen LogP contribution in [0.3, 0.4) is 0 Å². The molecule has 1 saturated carbocycles. The van der Waals surface area contributed by atoms with E-state index in [0.717, 1.165) is 6.42 Å². The van der Waals surface area contributed by atoms with E-state index in [0.29, 0.717) is 24.1 Å². The van der Waals surface area contributed by atoms with Crippen molar-refractivity contribution >= 4 is 0 Å². The summed E-state index contributed by atoms with van der Waals surface area (Å²) >= 11 is 0. The van der Waals surface area contributed by atoms with Gasteiger partial charge in [-0.3, -0.25) is 0 Å². The third kappa shape index (κ3) is 2.66. The highest BCUT2D eigenvalue weighted by Gasteiger charge is 2.34. The first kappa shape index (κ1) is 14.5. The molecular formula is C14H15FN6O. The third-order valence-electron chi connectivity index (χ3n) is 4.00. The van der Waals surface area contributed by atoms with E-state index in [9.17, 15) is 9.50 Å². The molecule has 1 aliphatic carbocycles. The van der Waals surface area contributed by atoms with Crippen molar-refractivity contribution in [3.05, 3.63) is 46.7 Å². The lowest BCUT2D eigenvalue weighted by molar-refractivity contribution is 0.0516. The van der Waals surface area contributed by atoms with Gasteiger partial charge in [0.1, 0.15) is 5.82 Å². The molecule has 0 saturated heterocycles. The number of nitrogens with zero attached hydrogens (tertiary/aromatic N) is 6. The Morgan fingerprint density at radius 2 is 2.27 bits per heavy atom. The molecule has 1 N–H and O–H groups in total. The van der Waals surface area contributed by atoms with Crippen LogP contribution in [0.5, 0.6) is 0 Å². The molecule has 1 fully saturated rings. The molecule has 114 valence electrons. The summed E-state index contributed by atoms with van der Waals surface area (Å²) in [6.45, 7) is 0. The molecule has 3 atom stereocenters. The zero-order valence-electron chi connectivity index (χ0n) is 11.7. The Morgan fingerprint density at radius 1 is 1.41 bits per heavy atom. The zero-order chi connectivity index (χ0) is 15.5. The number of azide groups is 1. The van der Waals surface area contributed by atoms with Gasteiger partial charge in [-0.25, -0.2) is 9.07 Å². The lowest BCUT2D eigenvalue weighted by atomic mass is 9.88. The summed E-state index contributed by atoms with van der Waals surface area (Å²) in [5, 5.41) is 22.0. The molecule has 0 amide bonds. The van der Waals surface area contributed by atoms with E-state index in [2.05, 4.69) is 20.3 Å². The fraction of sp³-hybridized carbons (Fsp3) is 0.429. The van der Waals surface area contributed by atoms with Gasteiger partial charge in [0.05, 0.1) is 30.1 Å². The number of aliphatic hydroxyl groups excluding tert-OH is 1. The van der Waals surface area contributed by atoms with Crippen molar-refractivity contribution in [1.82, 2.24) is 15.0 Å². The molecule has 2 aromatic rings. The van der Waals surface area contributed by atoms with Crippen molar-refractivity contribution in [2.24, 2.45) is 5.11 Å². The number of hydrogen-bond donors (Lipinski definition) is 1. The minimum atomic E-state index is -0.835. The fourth-order valence-electron chi connectivity index (χ4n) is 2.94. The Balaban J connectivity index is 1.96. The molecule has 0 bridgehead atoms. The van der Waals surface area contributed by atoms with Gasteiger partial charge < -0.3 is 5.11 Å². The molecule has 1 heterocycles. The molecule has 7 nitrogen and oxygen atoms in total. The van der Waals surface area contributed by atoms with E-state index in [1.54, 1.807) is 23.0 Å². The summed E-state index contributed by atoms with van der Waals surface area (Å²) in [6.07, 6.45) is 2.86. The quantitative estimate of drug-likeness (QED) is 0.536. The number of aromatic nitrogens is 3. The van der Waals surface area contributed by atoms with E-state index >= 15 is 0 Å². The summed E-state index contributed by atoms with van der Waals surface area (Å²) in [4.78, 5) is 2.79. The molecule has 1 aromatic carbocycles. The summed E-state index contributed by atoms with van der Waals surface area (Å²) in [5.41, 5.74) is 9.86. The average Bonchev–Trinajstić information content (AvgIpc) is 2.99. The molecule has 1 aliphatic rings. The average molecular weight is 302 g/mol. The van der Waals surface area contributed by atoms with E-state index < -0.39 is 12.1 Å². The van der Waals surface area contributed by atoms with Crippen molar-refractivity contribution < 1.29 is 9.50 Å². The largest absolute Gasteiger partial charge is 0.390 e. The van der Waals surface area contributed by atoms with Gasteiger partial charge in [-0.05, 0) is 30.5 Å². The Labute approximate surface area is 126 Å². The van der Waals surface area contributed by atoms with Crippen LogP contribution in [-0.4, -0.2) is 32.2 Å². The van der Waals surface area contributed by atoms with Gasteiger partial charge >= 0.3 is 0 Å². The van der Waals surface area contributed by atoms with Gasteiger partial charge in [-0.1, -0.05) is 28.9 Å². The molecule has 1 aromatic heterocycles. The fourth-order valence-corrected chi connectivity index (χ4v) is 2.94. The molecule has 3 rings (SSSR count). The van der Waals surface area contributed by atoms with Gasteiger partial charge in [0, 0.05) is 10.5 Å². The Morgan fingerprint density at radius 3 is 3.05 bits per heavy atom. The van der Waals surface area contributed by atoms with Crippen molar-refractivity contribution in [3.63, 3.8) is 0 Å². The van der Waals surface area contributed by atoms with Crippen molar-refractivity contribution in [2.45, 2.75) is 37.5 Å². The first-order valence-corrected chi connectivity index (χ1v) is 7.09. The van der Waals surface area contributed by atoms with Crippen molar-refractivity contribution in [1.29, 1.82) is 0 Å². The second-order valence-corrected chi connectivity index (χ2v) is 5.34. The maximum atomic E-state index is 13.4. The van der Waals surface area contributed by atoms with Gasteiger partial charge in [0.15, 0.2) is 0 Å². The van der Waals surface area contributed by atoms with Gasteiger partial charge in [0.25, 0.3) is 0 Å². The molecule has 0 aliphatic heterocycles. The minimum absolute atomic E-state index is 0.343. The topological polar surface area (TPSA) is 99.7 Å². The first-order chi connectivity index (χ1) is 10.7. The Kier molecular flexibility index (Phi) is 4.04. The van der Waals surface area contributed by atoms with Crippen molar-refractivity contribution in [3.8, 4) is 11.3 Å². The first-order valence-electron chi connectivity index (χ1n) is 7.09. The van der Waals surface area contributed by atoms with Crippen LogP contribution in [0.15, 0.2) is 35.6 Å². The van der Waals surface area contributed by atoms with Crippen LogP contribution >= 0.6 is 0 Å². The van der Waals surface area contributed by atoms with Crippen LogP contribution in [0, 0.1) is 5.82 Å².